The van der Waals surface area contributed by atoms with Crippen LogP contribution >= 0.6 is 0 Å². The van der Waals surface area contributed by atoms with E-state index in [4.69, 9.17) is 9.47 Å². The Balaban J connectivity index is 1.49. The Morgan fingerprint density at radius 3 is 2.52 bits per heavy atom. The number of ether oxygens (including phenoxy) is 2. The van der Waals surface area contributed by atoms with Crippen LogP contribution in [0.3, 0.4) is 0 Å². The zero-order chi connectivity index (χ0) is 19.3. The summed E-state index contributed by atoms with van der Waals surface area (Å²) in [5, 5.41) is 2.78. The molecule has 2 aliphatic rings. The zero-order valence-electron chi connectivity index (χ0n) is 15.7. The molecule has 1 N–H and O–H groups in total. The summed E-state index contributed by atoms with van der Waals surface area (Å²) in [4.78, 5) is 12.4. The van der Waals surface area contributed by atoms with Gasteiger partial charge in [-0.2, -0.15) is 4.31 Å². The second-order valence-corrected chi connectivity index (χ2v) is 9.19. The van der Waals surface area contributed by atoms with Crippen LogP contribution in [0.2, 0.25) is 0 Å². The van der Waals surface area contributed by atoms with Crippen molar-refractivity contribution in [3.8, 4) is 5.75 Å². The van der Waals surface area contributed by atoms with E-state index in [1.807, 2.05) is 24.3 Å². The molecule has 1 amide bonds. The lowest BCUT2D eigenvalue weighted by Gasteiger charge is -2.26. The van der Waals surface area contributed by atoms with E-state index in [-0.39, 0.29) is 24.1 Å². The summed E-state index contributed by atoms with van der Waals surface area (Å²) in [5.41, 5.74) is 1.13. The number of amides is 1. The fraction of sp³-hybridized carbons (Fsp3) is 0.632. The second kappa shape index (κ2) is 9.03. The Labute approximate surface area is 161 Å². The summed E-state index contributed by atoms with van der Waals surface area (Å²) in [5.74, 6) is 1.33. The minimum absolute atomic E-state index is 0.0740. The van der Waals surface area contributed by atoms with Gasteiger partial charge in [0.15, 0.2) is 0 Å². The highest BCUT2D eigenvalue weighted by Gasteiger charge is 2.33. The first-order valence-corrected chi connectivity index (χ1v) is 11.1. The van der Waals surface area contributed by atoms with Crippen molar-refractivity contribution in [1.29, 1.82) is 0 Å². The second-order valence-electron chi connectivity index (χ2n) is 7.10. The molecule has 1 aliphatic heterocycles. The first-order chi connectivity index (χ1) is 13.0. The van der Waals surface area contributed by atoms with E-state index < -0.39 is 10.0 Å². The molecule has 1 aliphatic carbocycles. The number of hydrogen-bond acceptors (Lipinski definition) is 5. The third-order valence-electron chi connectivity index (χ3n) is 5.19. The molecule has 0 bridgehead atoms. The quantitative estimate of drug-likeness (QED) is 0.681. The Bertz CT molecular complexity index is 725. The van der Waals surface area contributed by atoms with Crippen LogP contribution in [-0.2, 0) is 19.6 Å². The average Bonchev–Trinajstić information content (AvgIpc) is 3.52. The van der Waals surface area contributed by atoms with Gasteiger partial charge in [-0.25, -0.2) is 8.42 Å². The van der Waals surface area contributed by atoms with E-state index >= 15 is 0 Å². The first kappa shape index (κ1) is 20.1. The molecule has 8 heteroatoms. The van der Waals surface area contributed by atoms with Crippen LogP contribution in [0.4, 0.5) is 0 Å². The summed E-state index contributed by atoms with van der Waals surface area (Å²) in [6.07, 6.45) is 2.65. The van der Waals surface area contributed by atoms with Crippen molar-refractivity contribution < 1.29 is 22.7 Å². The molecule has 27 heavy (non-hydrogen) atoms. The first-order valence-electron chi connectivity index (χ1n) is 9.46. The number of nitrogens with one attached hydrogen (secondary N) is 1. The van der Waals surface area contributed by atoms with Gasteiger partial charge in [-0.3, -0.25) is 4.79 Å². The van der Waals surface area contributed by atoms with Gasteiger partial charge in [0.2, 0.25) is 15.9 Å². The highest BCUT2D eigenvalue weighted by molar-refractivity contribution is 7.89. The standard InChI is InChI=1S/C19H28N2O5S/c1-25-17-6-4-16(5-7-17)18(15-2-3-15)14-19(22)20-8-13-27(23,24)21-9-11-26-12-10-21/h4-7,15,18H,2-3,8-14H2,1H3,(H,20,22). The van der Waals surface area contributed by atoms with Gasteiger partial charge < -0.3 is 14.8 Å². The fourth-order valence-corrected chi connectivity index (χ4v) is 4.78. The minimum Gasteiger partial charge on any atom is -0.497 e. The third-order valence-corrected chi connectivity index (χ3v) is 7.06. The monoisotopic (exact) mass is 396 g/mol. The zero-order valence-corrected chi connectivity index (χ0v) is 16.5. The van der Waals surface area contributed by atoms with Crippen molar-refractivity contribution in [3.05, 3.63) is 29.8 Å². The van der Waals surface area contributed by atoms with Gasteiger partial charge in [0.05, 0.1) is 26.1 Å². The van der Waals surface area contributed by atoms with Gasteiger partial charge in [0.1, 0.15) is 5.75 Å². The van der Waals surface area contributed by atoms with Crippen LogP contribution in [0.5, 0.6) is 5.75 Å². The smallest absolute Gasteiger partial charge is 0.220 e. The van der Waals surface area contributed by atoms with Crippen LogP contribution < -0.4 is 10.1 Å². The normalized spacial score (nSPS) is 19.4. The number of carbonyl (C=O) groups excluding carboxylic acids is 1. The molecule has 0 spiro atoms. The summed E-state index contributed by atoms with van der Waals surface area (Å²) >= 11 is 0. The van der Waals surface area contributed by atoms with E-state index in [9.17, 15) is 13.2 Å². The van der Waals surface area contributed by atoms with Crippen molar-refractivity contribution in [2.24, 2.45) is 5.92 Å². The van der Waals surface area contributed by atoms with E-state index in [2.05, 4.69) is 5.32 Å². The number of methoxy groups -OCH3 is 1. The number of hydrogen-bond donors (Lipinski definition) is 1. The summed E-state index contributed by atoms with van der Waals surface area (Å²) in [6.45, 7) is 1.76. The average molecular weight is 397 g/mol. The molecule has 2 fully saturated rings. The molecule has 150 valence electrons. The summed E-state index contributed by atoms with van der Waals surface area (Å²) < 4.78 is 36.4. The molecule has 0 aromatic heterocycles. The minimum atomic E-state index is -3.35. The van der Waals surface area contributed by atoms with Crippen LogP contribution in [0.1, 0.15) is 30.7 Å². The summed E-state index contributed by atoms with van der Waals surface area (Å²) in [6, 6.07) is 7.85. The molecule has 0 radical (unpaired) electrons. The van der Waals surface area contributed by atoms with Crippen molar-refractivity contribution >= 4 is 15.9 Å². The lowest BCUT2D eigenvalue weighted by atomic mass is 9.90. The van der Waals surface area contributed by atoms with Gasteiger partial charge in [0, 0.05) is 26.1 Å². The van der Waals surface area contributed by atoms with Gasteiger partial charge >= 0.3 is 0 Å². The SMILES string of the molecule is COc1ccc(C(CC(=O)NCCS(=O)(=O)N2CCOCC2)C2CC2)cc1. The van der Waals surface area contributed by atoms with Crippen LogP contribution in [-0.4, -0.2) is 64.3 Å². The molecule has 1 aromatic rings. The lowest BCUT2D eigenvalue weighted by Crippen LogP contribution is -2.43. The number of sulfonamides is 1. The Morgan fingerprint density at radius 1 is 1.26 bits per heavy atom. The predicted molar refractivity (Wildman–Crippen MR) is 102 cm³/mol. The maximum Gasteiger partial charge on any atom is 0.220 e. The molecular formula is C19H28N2O5S. The molecule has 1 atom stereocenters. The molecule has 3 rings (SSSR count). The van der Waals surface area contributed by atoms with Crippen molar-refractivity contribution in [2.75, 3.05) is 45.7 Å². The van der Waals surface area contributed by atoms with E-state index in [1.165, 1.54) is 4.31 Å². The van der Waals surface area contributed by atoms with E-state index in [1.54, 1.807) is 7.11 Å². The van der Waals surface area contributed by atoms with E-state index in [0.717, 1.165) is 24.2 Å². The molecule has 1 aromatic carbocycles. The van der Waals surface area contributed by atoms with Crippen molar-refractivity contribution in [1.82, 2.24) is 9.62 Å². The highest BCUT2D eigenvalue weighted by atomic mass is 32.2. The molecular weight excluding hydrogens is 368 g/mol. The lowest BCUT2D eigenvalue weighted by molar-refractivity contribution is -0.121. The summed E-state index contributed by atoms with van der Waals surface area (Å²) in [7, 11) is -1.72. The number of benzene rings is 1. The van der Waals surface area contributed by atoms with Gasteiger partial charge in [-0.15, -0.1) is 0 Å². The van der Waals surface area contributed by atoms with Gasteiger partial charge in [-0.05, 0) is 42.4 Å². The predicted octanol–water partition coefficient (Wildman–Crippen LogP) is 1.36. The molecule has 1 heterocycles. The highest BCUT2D eigenvalue weighted by Crippen LogP contribution is 2.44. The van der Waals surface area contributed by atoms with E-state index in [0.29, 0.717) is 38.6 Å². The Kier molecular flexibility index (Phi) is 6.73. The maximum absolute atomic E-state index is 12.4. The van der Waals surface area contributed by atoms with Gasteiger partial charge in [-0.1, -0.05) is 12.1 Å². The van der Waals surface area contributed by atoms with Crippen molar-refractivity contribution in [3.63, 3.8) is 0 Å². The number of rotatable bonds is 9. The number of carbonyl (C=O) groups is 1. The van der Waals surface area contributed by atoms with Crippen LogP contribution in [0.25, 0.3) is 0 Å². The largest absolute Gasteiger partial charge is 0.497 e. The van der Waals surface area contributed by atoms with Crippen molar-refractivity contribution in [2.45, 2.75) is 25.2 Å². The topological polar surface area (TPSA) is 84.9 Å². The maximum atomic E-state index is 12.4. The number of morpholine rings is 1. The Morgan fingerprint density at radius 2 is 1.93 bits per heavy atom. The third kappa shape index (κ3) is 5.67. The number of nitrogens with zero attached hydrogens (tertiary/aromatic N) is 1. The molecule has 1 unspecified atom stereocenters. The van der Waals surface area contributed by atoms with Crippen LogP contribution in [0.15, 0.2) is 24.3 Å². The van der Waals surface area contributed by atoms with Gasteiger partial charge in [0.25, 0.3) is 0 Å². The fourth-order valence-electron chi connectivity index (χ4n) is 3.45. The molecule has 1 saturated heterocycles. The molecule has 1 saturated carbocycles. The Hall–Kier alpha value is -1.64. The molecule has 7 nitrogen and oxygen atoms in total. The van der Waals surface area contributed by atoms with Crippen LogP contribution in [0, 0.1) is 5.92 Å².